The van der Waals surface area contributed by atoms with E-state index >= 15 is 0 Å². The molecule has 13 heteroatoms. The molecule has 4 N–H and O–H groups in total. The second-order valence-electron chi connectivity index (χ2n) is 9.92. The molecule has 0 radical (unpaired) electrons. The Balaban J connectivity index is 1.37. The number of hydrogen-bond donors (Lipinski definition) is 4. The van der Waals surface area contributed by atoms with Crippen LogP contribution in [-0.2, 0) is 4.74 Å². The van der Waals surface area contributed by atoms with Crippen LogP contribution >= 0.6 is 0 Å². The van der Waals surface area contributed by atoms with Gasteiger partial charge >= 0.3 is 0 Å². The first-order valence-corrected chi connectivity index (χ1v) is 13.2. The van der Waals surface area contributed by atoms with E-state index in [2.05, 4.69) is 5.10 Å². The van der Waals surface area contributed by atoms with Gasteiger partial charge in [-0.15, -0.1) is 0 Å². The zero-order valence-electron chi connectivity index (χ0n) is 22.3. The second-order valence-corrected chi connectivity index (χ2v) is 9.92. The van der Waals surface area contributed by atoms with E-state index in [0.717, 1.165) is 0 Å². The maximum atomic E-state index is 13.7. The number of para-hydroxylation sites is 1. The average molecular weight is 588 g/mol. The standard InChI is InChI=1S/C30H25N3O10/c34-14-25-27(36)28(37)29(38)30(43-25)42-19-10-11-20-24(12-19)41-15-21(26(20)35)23-13-22(16-6-8-18(9-7-16)33(39)40)31-32(23)17-4-2-1-3-5-17/h1-13,15,25,27-30,34,36-38H,14H2/t25-,27-,28+,29-,30-/m1/s1. The molecule has 0 aliphatic carbocycles. The summed E-state index contributed by atoms with van der Waals surface area (Å²) in [5.74, 6) is 0.141. The molecule has 5 aromatic rings. The number of aromatic nitrogens is 2. The van der Waals surface area contributed by atoms with Crippen LogP contribution in [0.5, 0.6) is 5.75 Å². The first kappa shape index (κ1) is 28.2. The molecule has 0 spiro atoms. The predicted molar refractivity (Wildman–Crippen MR) is 152 cm³/mol. The molecule has 0 unspecified atom stereocenters. The molecule has 0 amide bonds. The van der Waals surface area contributed by atoms with Crippen molar-refractivity contribution in [2.75, 3.05) is 6.61 Å². The van der Waals surface area contributed by atoms with Crippen molar-refractivity contribution in [3.63, 3.8) is 0 Å². The number of nitrogens with zero attached hydrogens (tertiary/aromatic N) is 3. The summed E-state index contributed by atoms with van der Waals surface area (Å²) in [6.45, 7) is -0.606. The topological polar surface area (TPSA) is 191 Å². The third-order valence-electron chi connectivity index (χ3n) is 7.21. The molecule has 5 atom stereocenters. The Hall–Kier alpha value is -4.92. The van der Waals surface area contributed by atoms with Gasteiger partial charge in [0, 0.05) is 23.8 Å². The fourth-order valence-corrected chi connectivity index (χ4v) is 4.89. The normalized spacial score (nSPS) is 22.0. The Morgan fingerprint density at radius 1 is 0.953 bits per heavy atom. The number of non-ortho nitro benzene ring substituents is 1. The fraction of sp³-hybridized carbons (Fsp3) is 0.200. The summed E-state index contributed by atoms with van der Waals surface area (Å²) >= 11 is 0. The third kappa shape index (κ3) is 5.27. The monoisotopic (exact) mass is 587 g/mol. The second kappa shape index (κ2) is 11.4. The highest BCUT2D eigenvalue weighted by molar-refractivity contribution is 5.83. The number of rotatable bonds is 7. The molecule has 1 saturated heterocycles. The Morgan fingerprint density at radius 3 is 2.40 bits per heavy atom. The first-order chi connectivity index (χ1) is 20.7. The maximum Gasteiger partial charge on any atom is 0.269 e. The SMILES string of the molecule is O=c1c(-c2cc(-c3ccc([N+](=O)[O-])cc3)nn2-c2ccccc2)coc2cc(O[C@@H]3O[C@H](CO)[C@@H](O)[C@H](O)[C@H]3O)ccc12. The largest absolute Gasteiger partial charge is 0.463 e. The smallest absolute Gasteiger partial charge is 0.269 e. The lowest BCUT2D eigenvalue weighted by molar-refractivity contribution is -0.384. The first-order valence-electron chi connectivity index (χ1n) is 13.2. The molecule has 3 aromatic carbocycles. The van der Waals surface area contributed by atoms with Crippen LogP contribution in [0.4, 0.5) is 5.69 Å². The molecule has 6 rings (SSSR count). The molecule has 43 heavy (non-hydrogen) atoms. The minimum atomic E-state index is -1.61. The van der Waals surface area contributed by atoms with Crippen molar-refractivity contribution in [1.82, 2.24) is 9.78 Å². The zero-order valence-corrected chi connectivity index (χ0v) is 22.3. The molecule has 0 saturated carbocycles. The van der Waals surface area contributed by atoms with Crippen LogP contribution in [0.1, 0.15) is 0 Å². The van der Waals surface area contributed by atoms with Gasteiger partial charge in [-0.25, -0.2) is 4.68 Å². The van der Waals surface area contributed by atoms with E-state index in [1.54, 1.807) is 22.9 Å². The van der Waals surface area contributed by atoms with Crippen molar-refractivity contribution in [2.24, 2.45) is 0 Å². The van der Waals surface area contributed by atoms with Crippen LogP contribution in [0.3, 0.4) is 0 Å². The Morgan fingerprint density at radius 2 is 1.70 bits per heavy atom. The van der Waals surface area contributed by atoms with Gasteiger partial charge in [-0.1, -0.05) is 18.2 Å². The molecule has 220 valence electrons. The molecule has 0 bridgehead atoms. The van der Waals surface area contributed by atoms with Crippen molar-refractivity contribution in [3.05, 3.63) is 105 Å². The van der Waals surface area contributed by atoms with E-state index in [4.69, 9.17) is 13.9 Å². The van der Waals surface area contributed by atoms with Crippen LogP contribution in [-0.4, -0.2) is 72.4 Å². The fourth-order valence-electron chi connectivity index (χ4n) is 4.89. The van der Waals surface area contributed by atoms with Crippen LogP contribution in [0, 0.1) is 10.1 Å². The van der Waals surface area contributed by atoms with E-state index in [0.29, 0.717) is 22.6 Å². The lowest BCUT2D eigenvalue weighted by Crippen LogP contribution is -2.60. The molecule has 13 nitrogen and oxygen atoms in total. The predicted octanol–water partition coefficient (Wildman–Crippen LogP) is 2.40. The van der Waals surface area contributed by atoms with Gasteiger partial charge in [-0.05, 0) is 42.5 Å². The van der Waals surface area contributed by atoms with Crippen molar-refractivity contribution in [1.29, 1.82) is 0 Å². The van der Waals surface area contributed by atoms with Crippen LogP contribution in [0.25, 0.3) is 39.2 Å². The summed E-state index contributed by atoms with van der Waals surface area (Å²) in [6.07, 6.45) is -6.00. The highest BCUT2D eigenvalue weighted by atomic mass is 16.7. The van der Waals surface area contributed by atoms with Crippen molar-refractivity contribution in [2.45, 2.75) is 30.7 Å². The molecule has 1 fully saturated rings. The van der Waals surface area contributed by atoms with E-state index in [1.807, 2.05) is 30.3 Å². The van der Waals surface area contributed by atoms with Gasteiger partial charge in [0.2, 0.25) is 11.7 Å². The van der Waals surface area contributed by atoms with Gasteiger partial charge in [-0.2, -0.15) is 5.10 Å². The Bertz CT molecular complexity index is 1840. The van der Waals surface area contributed by atoms with Crippen molar-refractivity contribution >= 4 is 16.7 Å². The van der Waals surface area contributed by atoms with Gasteiger partial charge in [0.05, 0.1) is 39.6 Å². The van der Waals surface area contributed by atoms with Gasteiger partial charge < -0.3 is 34.3 Å². The van der Waals surface area contributed by atoms with Crippen LogP contribution in [0.15, 0.2) is 94.3 Å². The summed E-state index contributed by atoms with van der Waals surface area (Å²) in [6, 6.07) is 21.1. The summed E-state index contributed by atoms with van der Waals surface area (Å²) in [5, 5.41) is 55.7. The number of hydrogen-bond acceptors (Lipinski definition) is 11. The Kier molecular flexibility index (Phi) is 7.48. The summed E-state index contributed by atoms with van der Waals surface area (Å²) < 4.78 is 18.5. The number of benzene rings is 3. The molecular formula is C30H25N3O10. The van der Waals surface area contributed by atoms with Crippen molar-refractivity contribution in [3.8, 4) is 34.0 Å². The number of aliphatic hydroxyl groups excluding tert-OH is 4. The lowest BCUT2D eigenvalue weighted by Gasteiger charge is -2.39. The average Bonchev–Trinajstić information content (AvgIpc) is 3.47. The minimum absolute atomic E-state index is 0.0588. The quantitative estimate of drug-likeness (QED) is 0.162. The van der Waals surface area contributed by atoms with Crippen LogP contribution < -0.4 is 10.2 Å². The summed E-state index contributed by atoms with van der Waals surface area (Å²) in [7, 11) is 0. The van der Waals surface area contributed by atoms with Gasteiger partial charge in [-0.3, -0.25) is 14.9 Å². The van der Waals surface area contributed by atoms with E-state index in [-0.39, 0.29) is 33.4 Å². The number of ether oxygens (including phenoxy) is 2. The lowest BCUT2D eigenvalue weighted by atomic mass is 9.99. The number of nitro benzene ring substituents is 1. The Labute approximate surface area is 242 Å². The maximum absolute atomic E-state index is 13.7. The zero-order chi connectivity index (χ0) is 30.2. The summed E-state index contributed by atoms with van der Waals surface area (Å²) in [5.41, 5.74) is 2.14. The highest BCUT2D eigenvalue weighted by Crippen LogP contribution is 2.31. The minimum Gasteiger partial charge on any atom is -0.463 e. The number of fused-ring (bicyclic) bond motifs is 1. The van der Waals surface area contributed by atoms with Crippen molar-refractivity contribution < 1.29 is 39.2 Å². The number of nitro groups is 1. The van der Waals surface area contributed by atoms with Gasteiger partial charge in [0.15, 0.2) is 0 Å². The van der Waals surface area contributed by atoms with E-state index < -0.39 is 42.2 Å². The highest BCUT2D eigenvalue weighted by Gasteiger charge is 2.44. The van der Waals surface area contributed by atoms with Crippen LogP contribution in [0.2, 0.25) is 0 Å². The van der Waals surface area contributed by atoms with Gasteiger partial charge in [0.1, 0.15) is 42.0 Å². The molecule has 2 aromatic heterocycles. The molecule has 3 heterocycles. The van der Waals surface area contributed by atoms with Gasteiger partial charge in [0.25, 0.3) is 5.69 Å². The van der Waals surface area contributed by atoms with E-state index in [9.17, 15) is 35.3 Å². The number of aliphatic hydroxyl groups is 4. The summed E-state index contributed by atoms with van der Waals surface area (Å²) in [4.78, 5) is 24.3. The molecule has 1 aliphatic rings. The van der Waals surface area contributed by atoms with E-state index in [1.165, 1.54) is 36.6 Å². The molecular weight excluding hydrogens is 562 g/mol. The molecule has 1 aliphatic heterocycles. The third-order valence-corrected chi connectivity index (χ3v) is 7.21.